The molecule has 1 heterocycles. The van der Waals surface area contributed by atoms with E-state index < -0.39 is 4.92 Å². The second kappa shape index (κ2) is 4.91. The molecule has 0 aliphatic carbocycles. The zero-order valence-corrected chi connectivity index (χ0v) is 9.91. The van der Waals surface area contributed by atoms with Crippen molar-refractivity contribution in [1.82, 2.24) is 9.97 Å². The van der Waals surface area contributed by atoms with Crippen molar-refractivity contribution < 1.29 is 10.0 Å². The average molecular weight is 241 g/mol. The molecule has 1 atom stereocenters. The zero-order valence-electron chi connectivity index (χ0n) is 9.91. The largest absolute Gasteiger partial charge is 0.394 e. The molecule has 0 amide bonds. The molecule has 1 aromatic rings. The minimum Gasteiger partial charge on any atom is -0.394 e. The summed E-state index contributed by atoms with van der Waals surface area (Å²) in [5, 5.41) is 20.0. The van der Waals surface area contributed by atoms with Gasteiger partial charge < -0.3 is 15.7 Å². The first kappa shape index (κ1) is 13.1. The summed E-state index contributed by atoms with van der Waals surface area (Å²) in [6.45, 7) is 3.07. The third kappa shape index (κ3) is 2.59. The number of aromatic nitrogens is 2. The number of aliphatic hydroxyl groups is 1. The van der Waals surface area contributed by atoms with Gasteiger partial charge in [0.25, 0.3) is 0 Å². The molecule has 1 unspecified atom stereocenters. The van der Waals surface area contributed by atoms with Gasteiger partial charge in [-0.2, -0.15) is 4.98 Å². The lowest BCUT2D eigenvalue weighted by molar-refractivity contribution is -0.385. The average Bonchev–Trinajstić information content (AvgIpc) is 2.25. The van der Waals surface area contributed by atoms with Crippen LogP contribution in [0.15, 0.2) is 0 Å². The fourth-order valence-corrected chi connectivity index (χ4v) is 1.36. The number of hydrogen-bond donors (Lipinski definition) is 2. The van der Waals surface area contributed by atoms with Gasteiger partial charge in [-0.05, 0) is 13.8 Å². The summed E-state index contributed by atoms with van der Waals surface area (Å²) in [5.41, 5.74) is 5.48. The Balaban J connectivity index is 3.35. The maximum Gasteiger partial charge on any atom is 0.332 e. The quantitative estimate of drug-likeness (QED) is 0.566. The van der Waals surface area contributed by atoms with Crippen LogP contribution in [0.4, 0.5) is 17.5 Å². The van der Waals surface area contributed by atoms with Gasteiger partial charge in [-0.1, -0.05) is 0 Å². The highest BCUT2D eigenvalue weighted by atomic mass is 16.6. The van der Waals surface area contributed by atoms with Crippen molar-refractivity contribution in [2.24, 2.45) is 0 Å². The van der Waals surface area contributed by atoms with Crippen molar-refractivity contribution in [1.29, 1.82) is 0 Å². The van der Waals surface area contributed by atoms with Crippen LogP contribution in [0, 0.1) is 17.0 Å². The molecular formula is C9H15N5O3. The van der Waals surface area contributed by atoms with Gasteiger partial charge >= 0.3 is 5.69 Å². The maximum absolute atomic E-state index is 11.0. The molecule has 0 fully saturated rings. The lowest BCUT2D eigenvalue weighted by atomic mass is 10.2. The molecular weight excluding hydrogens is 226 g/mol. The molecule has 0 saturated heterocycles. The summed E-state index contributed by atoms with van der Waals surface area (Å²) in [5.74, 6) is 0.0849. The van der Waals surface area contributed by atoms with Crippen LogP contribution < -0.4 is 10.6 Å². The van der Waals surface area contributed by atoms with Crippen LogP contribution in [0.2, 0.25) is 0 Å². The van der Waals surface area contributed by atoms with Crippen LogP contribution in [-0.2, 0) is 0 Å². The number of nitrogens with two attached hydrogens (primary N) is 1. The van der Waals surface area contributed by atoms with E-state index in [0.29, 0.717) is 0 Å². The van der Waals surface area contributed by atoms with Crippen molar-refractivity contribution >= 4 is 17.5 Å². The standard InChI is InChI=1S/C9H15N5O3/c1-5(4-15)13(3)8-7(14(16)17)6(2)11-9(10)12-8/h5,15H,4H2,1-3H3,(H2,10,11,12). The highest BCUT2D eigenvalue weighted by Gasteiger charge is 2.26. The minimum atomic E-state index is -0.551. The van der Waals surface area contributed by atoms with Crippen LogP contribution in [-0.4, -0.2) is 39.7 Å². The van der Waals surface area contributed by atoms with Crippen molar-refractivity contribution in [3.05, 3.63) is 15.8 Å². The van der Waals surface area contributed by atoms with Gasteiger partial charge in [0.1, 0.15) is 5.69 Å². The molecule has 0 spiro atoms. The number of nitrogens with zero attached hydrogens (tertiary/aromatic N) is 4. The summed E-state index contributed by atoms with van der Waals surface area (Å²) in [7, 11) is 1.61. The molecule has 0 radical (unpaired) electrons. The van der Waals surface area contributed by atoms with Crippen molar-refractivity contribution in [3.63, 3.8) is 0 Å². The van der Waals surface area contributed by atoms with Gasteiger partial charge in [-0.15, -0.1) is 0 Å². The molecule has 8 nitrogen and oxygen atoms in total. The normalized spacial score (nSPS) is 12.2. The second-order valence-corrected chi connectivity index (χ2v) is 3.74. The van der Waals surface area contributed by atoms with Gasteiger partial charge in [-0.3, -0.25) is 10.1 Å². The topological polar surface area (TPSA) is 118 Å². The Hall–Kier alpha value is -1.96. The van der Waals surface area contributed by atoms with E-state index >= 15 is 0 Å². The summed E-state index contributed by atoms with van der Waals surface area (Å²) in [6.07, 6.45) is 0. The predicted octanol–water partition coefficient (Wildman–Crippen LogP) is 0.0924. The first-order valence-corrected chi connectivity index (χ1v) is 5.00. The van der Waals surface area contributed by atoms with Gasteiger partial charge in [0.2, 0.25) is 11.8 Å². The molecule has 0 bridgehead atoms. The molecule has 0 aliphatic heterocycles. The second-order valence-electron chi connectivity index (χ2n) is 3.74. The lowest BCUT2D eigenvalue weighted by Crippen LogP contribution is -2.33. The number of nitro groups is 1. The Bertz CT molecular complexity index is 437. The van der Waals surface area contributed by atoms with E-state index in [4.69, 9.17) is 10.8 Å². The Morgan fingerprint density at radius 1 is 1.59 bits per heavy atom. The summed E-state index contributed by atoms with van der Waals surface area (Å²) < 4.78 is 0. The fourth-order valence-electron chi connectivity index (χ4n) is 1.36. The van der Waals surface area contributed by atoms with Crippen molar-refractivity contribution in [3.8, 4) is 0 Å². The summed E-state index contributed by atoms with van der Waals surface area (Å²) in [6, 6.07) is -0.303. The van der Waals surface area contributed by atoms with Crippen molar-refractivity contribution in [2.75, 3.05) is 24.3 Å². The van der Waals surface area contributed by atoms with E-state index in [0.717, 1.165) is 0 Å². The van der Waals surface area contributed by atoms with Crippen LogP contribution in [0.3, 0.4) is 0 Å². The molecule has 0 aliphatic rings. The van der Waals surface area contributed by atoms with Crippen molar-refractivity contribution in [2.45, 2.75) is 19.9 Å². The monoisotopic (exact) mass is 241 g/mol. The maximum atomic E-state index is 11.0. The highest BCUT2D eigenvalue weighted by Crippen LogP contribution is 2.29. The van der Waals surface area contributed by atoms with Crippen LogP contribution in [0.25, 0.3) is 0 Å². The van der Waals surface area contributed by atoms with E-state index in [1.54, 1.807) is 14.0 Å². The highest BCUT2D eigenvalue weighted by molar-refractivity contribution is 5.62. The SMILES string of the molecule is Cc1nc(N)nc(N(C)C(C)CO)c1[N+](=O)[O-]. The van der Waals surface area contributed by atoms with E-state index in [9.17, 15) is 10.1 Å². The third-order valence-corrected chi connectivity index (χ3v) is 2.50. The molecule has 0 aromatic carbocycles. The number of hydrogen-bond acceptors (Lipinski definition) is 7. The molecule has 3 N–H and O–H groups in total. The third-order valence-electron chi connectivity index (χ3n) is 2.50. The minimum absolute atomic E-state index is 0.0277. The Morgan fingerprint density at radius 2 is 2.18 bits per heavy atom. The summed E-state index contributed by atoms with van der Waals surface area (Å²) in [4.78, 5) is 19.5. The molecule has 17 heavy (non-hydrogen) atoms. The fraction of sp³-hybridized carbons (Fsp3) is 0.556. The van der Waals surface area contributed by atoms with Gasteiger partial charge in [-0.25, -0.2) is 4.98 Å². The molecule has 0 saturated carbocycles. The number of likely N-dealkylation sites (N-methyl/N-ethyl adjacent to an activating group) is 1. The van der Waals surface area contributed by atoms with Crippen LogP contribution >= 0.6 is 0 Å². The van der Waals surface area contributed by atoms with E-state index in [-0.39, 0.29) is 35.8 Å². The predicted molar refractivity (Wildman–Crippen MR) is 62.8 cm³/mol. The summed E-state index contributed by atoms with van der Waals surface area (Å²) >= 11 is 0. The first-order chi connectivity index (χ1) is 7.88. The van der Waals surface area contributed by atoms with Crippen LogP contribution in [0.5, 0.6) is 0 Å². The lowest BCUT2D eigenvalue weighted by Gasteiger charge is -2.24. The number of aliphatic hydroxyl groups excluding tert-OH is 1. The Labute approximate surface area is 98.2 Å². The molecule has 94 valence electrons. The van der Waals surface area contributed by atoms with E-state index in [1.165, 1.54) is 11.8 Å². The number of anilines is 2. The van der Waals surface area contributed by atoms with Crippen LogP contribution in [0.1, 0.15) is 12.6 Å². The Kier molecular flexibility index (Phi) is 3.79. The number of rotatable bonds is 4. The number of aryl methyl sites for hydroxylation is 1. The smallest absolute Gasteiger partial charge is 0.332 e. The molecule has 8 heteroatoms. The van der Waals surface area contributed by atoms with Gasteiger partial charge in [0, 0.05) is 7.05 Å². The molecule has 1 aromatic heterocycles. The number of nitrogen functional groups attached to an aromatic ring is 1. The van der Waals surface area contributed by atoms with Gasteiger partial charge in [0.15, 0.2) is 0 Å². The first-order valence-electron chi connectivity index (χ1n) is 5.00. The zero-order chi connectivity index (χ0) is 13.2. The van der Waals surface area contributed by atoms with Gasteiger partial charge in [0.05, 0.1) is 17.6 Å². The van der Waals surface area contributed by atoms with E-state index in [2.05, 4.69) is 9.97 Å². The van der Waals surface area contributed by atoms with E-state index in [1.807, 2.05) is 0 Å². The Morgan fingerprint density at radius 3 is 2.65 bits per heavy atom. The molecule has 1 rings (SSSR count).